The molecule has 0 saturated heterocycles. The van der Waals surface area contributed by atoms with Crippen LogP contribution in [0.4, 0.5) is 11.4 Å². The van der Waals surface area contributed by atoms with E-state index in [1.54, 1.807) is 0 Å². The molecule has 0 saturated carbocycles. The molecule has 1 aromatic heterocycles. The third-order valence-corrected chi connectivity index (χ3v) is 10.4. The SMILES string of the molecule is CCn1c2ccccc2c2cc(C(c3ccc(N(C)C)cc3)=c3cc4c(c5ccccc35)=[N+](CC)c3ccccc3-4)c3ccccc3c21. The Kier molecular flexibility index (Phi) is 6.52. The monoisotopic (exact) mass is 620 g/mol. The van der Waals surface area contributed by atoms with Gasteiger partial charge < -0.3 is 9.47 Å². The Hall–Kier alpha value is -5.67. The van der Waals surface area contributed by atoms with E-state index in [1.165, 1.54) is 93.1 Å². The predicted octanol–water partition coefficient (Wildman–Crippen LogP) is 9.26. The zero-order chi connectivity index (χ0) is 32.5. The Balaban J connectivity index is 1.53. The number of fused-ring (bicyclic) bond motifs is 10. The van der Waals surface area contributed by atoms with Crippen LogP contribution in [-0.4, -0.2) is 25.2 Å². The van der Waals surface area contributed by atoms with Crippen molar-refractivity contribution < 1.29 is 0 Å². The molecule has 232 valence electrons. The van der Waals surface area contributed by atoms with E-state index >= 15 is 0 Å². The third-order valence-electron chi connectivity index (χ3n) is 10.4. The second-order valence-electron chi connectivity index (χ2n) is 13.1. The summed E-state index contributed by atoms with van der Waals surface area (Å²) in [5, 5.41) is 10.3. The van der Waals surface area contributed by atoms with Crippen molar-refractivity contribution in [3.05, 3.63) is 155 Å². The maximum absolute atomic E-state index is 2.49. The lowest BCUT2D eigenvalue weighted by atomic mass is 9.87. The van der Waals surface area contributed by atoms with Crippen molar-refractivity contribution in [2.45, 2.75) is 20.4 Å². The summed E-state index contributed by atoms with van der Waals surface area (Å²) in [5.74, 6) is 0. The second-order valence-corrected chi connectivity index (χ2v) is 13.1. The van der Waals surface area contributed by atoms with Gasteiger partial charge >= 0.3 is 0 Å². The van der Waals surface area contributed by atoms with Crippen LogP contribution in [0.2, 0.25) is 0 Å². The van der Waals surface area contributed by atoms with Crippen molar-refractivity contribution in [3.63, 3.8) is 0 Å². The van der Waals surface area contributed by atoms with Crippen LogP contribution in [0.1, 0.15) is 25.0 Å². The van der Waals surface area contributed by atoms with Crippen molar-refractivity contribution in [3.8, 4) is 11.1 Å². The Morgan fingerprint density at radius 2 is 1.25 bits per heavy atom. The maximum Gasteiger partial charge on any atom is 0.221 e. The molecule has 0 radical (unpaired) electrons. The molecule has 0 aliphatic carbocycles. The number of hydrogen-bond acceptors (Lipinski definition) is 1. The van der Waals surface area contributed by atoms with Gasteiger partial charge in [-0.3, -0.25) is 0 Å². The third kappa shape index (κ3) is 4.04. The van der Waals surface area contributed by atoms with Gasteiger partial charge in [-0.15, -0.1) is 0 Å². The average molecular weight is 621 g/mol. The zero-order valence-electron chi connectivity index (χ0n) is 28.0. The van der Waals surface area contributed by atoms with Crippen molar-refractivity contribution >= 4 is 60.3 Å². The number of aromatic nitrogens is 1. The fraction of sp³-hybridized carbons (Fsp3) is 0.133. The number of anilines is 1. The molecule has 0 unspecified atom stereocenters. The van der Waals surface area contributed by atoms with E-state index in [-0.39, 0.29) is 0 Å². The highest BCUT2D eigenvalue weighted by atomic mass is 15.1. The Bertz CT molecular complexity index is 2710. The predicted molar refractivity (Wildman–Crippen MR) is 205 cm³/mol. The van der Waals surface area contributed by atoms with Gasteiger partial charge in [-0.1, -0.05) is 84.9 Å². The number of rotatable bonds is 5. The highest BCUT2D eigenvalue weighted by Crippen LogP contribution is 2.40. The molecule has 1 aliphatic rings. The van der Waals surface area contributed by atoms with Crippen LogP contribution in [0.5, 0.6) is 0 Å². The molecule has 0 fully saturated rings. The van der Waals surface area contributed by atoms with E-state index in [0.717, 1.165) is 13.1 Å². The fourth-order valence-corrected chi connectivity index (χ4v) is 8.28. The number of aryl methyl sites for hydroxylation is 1. The molecule has 7 aromatic carbocycles. The molecule has 9 rings (SSSR count). The molecule has 1 aliphatic heterocycles. The molecule has 0 amide bonds. The Morgan fingerprint density at radius 1 is 0.604 bits per heavy atom. The summed E-state index contributed by atoms with van der Waals surface area (Å²) in [6, 6.07) is 49.9. The fourth-order valence-electron chi connectivity index (χ4n) is 8.28. The van der Waals surface area contributed by atoms with Gasteiger partial charge in [0.15, 0.2) is 0 Å². The average Bonchev–Trinajstić information content (AvgIpc) is 3.64. The molecule has 48 heavy (non-hydrogen) atoms. The lowest BCUT2D eigenvalue weighted by Gasteiger charge is -2.18. The first-order valence-electron chi connectivity index (χ1n) is 17.1. The van der Waals surface area contributed by atoms with E-state index in [2.05, 4.69) is 175 Å². The molecular formula is C45H38N3+. The highest BCUT2D eigenvalue weighted by Gasteiger charge is 2.29. The van der Waals surface area contributed by atoms with Crippen LogP contribution in [-0.2, 0) is 6.54 Å². The van der Waals surface area contributed by atoms with Crippen molar-refractivity contribution in [1.29, 1.82) is 0 Å². The molecule has 3 heteroatoms. The Labute approximate surface area is 280 Å². The molecule has 3 nitrogen and oxygen atoms in total. The number of nitrogens with zero attached hydrogens (tertiary/aromatic N) is 3. The maximum atomic E-state index is 2.49. The second kappa shape index (κ2) is 11.0. The van der Waals surface area contributed by atoms with Gasteiger partial charge in [-0.25, -0.2) is 0 Å². The van der Waals surface area contributed by atoms with Crippen molar-refractivity contribution in [2.24, 2.45) is 0 Å². The Morgan fingerprint density at radius 3 is 1.98 bits per heavy atom. The number of hydrogen-bond donors (Lipinski definition) is 0. The first-order chi connectivity index (χ1) is 23.6. The summed E-state index contributed by atoms with van der Waals surface area (Å²) >= 11 is 0. The largest absolute Gasteiger partial charge is 0.378 e. The quantitative estimate of drug-likeness (QED) is 0.175. The summed E-state index contributed by atoms with van der Waals surface area (Å²) < 4.78 is 4.98. The van der Waals surface area contributed by atoms with Crippen molar-refractivity contribution in [2.75, 3.05) is 25.5 Å². The standard InChI is InChI=1S/C45H38N3/c1-5-47-41-21-13-11-17-33(41)39-27-37(31-15-7-9-19-35(31)44(39)47)43(29-23-25-30(26-24-29)46(3)4)38-28-40-34-18-12-14-22-42(34)48(6-2)45(40)36-20-10-8-16-32(36)38/h7-28H,5-6H2,1-4H3/q+1. The summed E-state index contributed by atoms with van der Waals surface area (Å²) in [6.07, 6.45) is 0. The number of benzene rings is 7. The minimum atomic E-state index is 0.915. The number of para-hydroxylation sites is 2. The van der Waals surface area contributed by atoms with E-state index in [0.29, 0.717) is 0 Å². The van der Waals surface area contributed by atoms with Crippen molar-refractivity contribution in [1.82, 2.24) is 9.14 Å². The van der Waals surface area contributed by atoms with Gasteiger partial charge in [0.25, 0.3) is 0 Å². The normalized spacial score (nSPS) is 13.0. The van der Waals surface area contributed by atoms with Gasteiger partial charge in [-0.2, -0.15) is 4.58 Å². The van der Waals surface area contributed by atoms with Crippen LogP contribution in [0.25, 0.3) is 60.1 Å². The van der Waals surface area contributed by atoms with E-state index in [4.69, 9.17) is 0 Å². The van der Waals surface area contributed by atoms with Gasteiger partial charge in [0.05, 0.1) is 22.0 Å². The van der Waals surface area contributed by atoms with E-state index in [1.807, 2.05) is 0 Å². The summed E-state index contributed by atoms with van der Waals surface area (Å²) in [6.45, 7) is 6.34. The molecule has 0 spiro atoms. The summed E-state index contributed by atoms with van der Waals surface area (Å²) in [4.78, 5) is 2.17. The van der Waals surface area contributed by atoms with Gasteiger partial charge in [-0.05, 0) is 89.0 Å². The van der Waals surface area contributed by atoms with Gasteiger partial charge in [0.1, 0.15) is 6.54 Å². The lowest BCUT2D eigenvalue weighted by molar-refractivity contribution is 0.794. The molecule has 2 heterocycles. The van der Waals surface area contributed by atoms with Crippen LogP contribution < -0.4 is 20.1 Å². The van der Waals surface area contributed by atoms with E-state index < -0.39 is 0 Å². The minimum absolute atomic E-state index is 0.915. The van der Waals surface area contributed by atoms with Crippen LogP contribution in [0.3, 0.4) is 0 Å². The summed E-state index contributed by atoms with van der Waals surface area (Å²) in [7, 11) is 4.21. The molecule has 8 aromatic rings. The van der Waals surface area contributed by atoms with Crippen LogP contribution in [0, 0.1) is 0 Å². The molecule has 0 bridgehead atoms. The van der Waals surface area contributed by atoms with Crippen LogP contribution in [0.15, 0.2) is 133 Å². The molecule has 0 atom stereocenters. The molecule has 0 N–H and O–H groups in total. The van der Waals surface area contributed by atoms with Crippen LogP contribution >= 0.6 is 0 Å². The lowest BCUT2D eigenvalue weighted by Crippen LogP contribution is -2.26. The summed E-state index contributed by atoms with van der Waals surface area (Å²) in [5.41, 5.74) is 11.4. The smallest absolute Gasteiger partial charge is 0.221 e. The topological polar surface area (TPSA) is 11.2 Å². The first-order valence-corrected chi connectivity index (χ1v) is 17.1. The van der Waals surface area contributed by atoms with Gasteiger partial charge in [0, 0.05) is 54.1 Å². The first kappa shape index (κ1) is 28.5. The highest BCUT2D eigenvalue weighted by molar-refractivity contribution is 6.20. The van der Waals surface area contributed by atoms with E-state index in [9.17, 15) is 0 Å². The minimum Gasteiger partial charge on any atom is -0.378 e. The zero-order valence-corrected chi connectivity index (χ0v) is 28.0. The molecular weight excluding hydrogens is 583 g/mol. The van der Waals surface area contributed by atoms with Gasteiger partial charge in [0.2, 0.25) is 11.0 Å².